The van der Waals surface area contributed by atoms with Gasteiger partial charge in [-0.05, 0) is 35.6 Å². The Hall–Kier alpha value is -2.54. The molecule has 3 aromatic carbocycles. The largest absolute Gasteiger partial charge is 0.485 e. The van der Waals surface area contributed by atoms with Gasteiger partial charge in [0.2, 0.25) is 0 Å². The van der Waals surface area contributed by atoms with Crippen LogP contribution in [0.15, 0.2) is 66.7 Å². The molecule has 21 heavy (non-hydrogen) atoms. The molecule has 0 saturated heterocycles. The minimum atomic E-state index is 0.128. The molecule has 1 aliphatic heterocycles. The van der Waals surface area contributed by atoms with Gasteiger partial charge < -0.3 is 4.74 Å². The maximum atomic E-state index is 6.05. The minimum absolute atomic E-state index is 0.128. The summed E-state index contributed by atoms with van der Waals surface area (Å²) >= 11 is 0. The summed E-state index contributed by atoms with van der Waals surface area (Å²) < 4.78 is 6.05. The monoisotopic (exact) mass is 272 g/mol. The number of rotatable bonds is 1. The first kappa shape index (κ1) is 12.2. The molecule has 0 saturated carbocycles. The average molecular weight is 272 g/mol. The van der Waals surface area contributed by atoms with E-state index in [1.54, 1.807) is 0 Å². The molecule has 1 nitrogen and oxygen atoms in total. The number of benzene rings is 3. The maximum Gasteiger partial charge on any atom is 0.135 e. The summed E-state index contributed by atoms with van der Waals surface area (Å²) in [5, 5.41) is 2.43. The fourth-order valence-corrected chi connectivity index (χ4v) is 2.95. The molecule has 1 aliphatic rings. The van der Waals surface area contributed by atoms with Crippen molar-refractivity contribution in [2.45, 2.75) is 13.0 Å². The highest BCUT2D eigenvalue weighted by Crippen LogP contribution is 2.40. The highest BCUT2D eigenvalue weighted by Gasteiger charge is 2.17. The van der Waals surface area contributed by atoms with Gasteiger partial charge in [-0.1, -0.05) is 60.7 Å². The van der Waals surface area contributed by atoms with Crippen LogP contribution in [0.5, 0.6) is 5.75 Å². The van der Waals surface area contributed by atoms with Gasteiger partial charge in [-0.3, -0.25) is 0 Å². The molecule has 1 heteroatoms. The van der Waals surface area contributed by atoms with E-state index in [0.717, 1.165) is 11.3 Å². The zero-order valence-corrected chi connectivity index (χ0v) is 11.9. The zero-order valence-electron chi connectivity index (χ0n) is 11.9. The maximum absolute atomic E-state index is 6.05. The molecule has 0 radical (unpaired) electrons. The summed E-state index contributed by atoms with van der Waals surface area (Å²) in [6.07, 6.45) is 4.40. The van der Waals surface area contributed by atoms with Crippen LogP contribution in [0.4, 0.5) is 0 Å². The Morgan fingerprint density at radius 1 is 0.857 bits per heavy atom. The Morgan fingerprint density at radius 2 is 1.57 bits per heavy atom. The van der Waals surface area contributed by atoms with E-state index in [1.807, 2.05) is 0 Å². The van der Waals surface area contributed by atoms with Crippen molar-refractivity contribution >= 4 is 16.8 Å². The first-order valence-corrected chi connectivity index (χ1v) is 7.29. The van der Waals surface area contributed by atoms with Gasteiger partial charge in [0.1, 0.15) is 11.9 Å². The SMILES string of the molecule is CC1C=Cc2cc(-c3ccccc3)c3ccccc3c2O1. The van der Waals surface area contributed by atoms with E-state index >= 15 is 0 Å². The van der Waals surface area contributed by atoms with Gasteiger partial charge in [0, 0.05) is 10.9 Å². The number of hydrogen-bond donors (Lipinski definition) is 0. The van der Waals surface area contributed by atoms with Crippen LogP contribution in [0.1, 0.15) is 12.5 Å². The van der Waals surface area contributed by atoms with Gasteiger partial charge in [-0.2, -0.15) is 0 Å². The third kappa shape index (κ3) is 2.02. The van der Waals surface area contributed by atoms with E-state index < -0.39 is 0 Å². The Morgan fingerprint density at radius 3 is 2.38 bits per heavy atom. The molecule has 4 rings (SSSR count). The van der Waals surface area contributed by atoms with Crippen LogP contribution in [0.2, 0.25) is 0 Å². The second kappa shape index (κ2) is 4.78. The van der Waals surface area contributed by atoms with E-state index in [1.165, 1.54) is 21.9 Å². The lowest BCUT2D eigenvalue weighted by Gasteiger charge is -2.22. The molecule has 1 unspecified atom stereocenters. The number of hydrogen-bond acceptors (Lipinski definition) is 1. The van der Waals surface area contributed by atoms with E-state index in [0.29, 0.717) is 0 Å². The molecule has 0 bridgehead atoms. The second-order valence-electron chi connectivity index (χ2n) is 5.44. The van der Waals surface area contributed by atoms with Crippen LogP contribution < -0.4 is 4.74 Å². The first-order chi connectivity index (χ1) is 10.3. The molecule has 0 N–H and O–H groups in total. The van der Waals surface area contributed by atoms with Gasteiger partial charge in [0.15, 0.2) is 0 Å². The van der Waals surface area contributed by atoms with Gasteiger partial charge in [-0.25, -0.2) is 0 Å². The molecular weight excluding hydrogens is 256 g/mol. The highest BCUT2D eigenvalue weighted by atomic mass is 16.5. The standard InChI is InChI=1S/C20H16O/c1-14-11-12-16-13-19(15-7-3-2-4-8-15)17-9-5-6-10-18(17)20(16)21-14/h2-14H,1H3. The van der Waals surface area contributed by atoms with Gasteiger partial charge in [-0.15, -0.1) is 0 Å². The first-order valence-electron chi connectivity index (χ1n) is 7.29. The normalized spacial score (nSPS) is 16.5. The Bertz CT molecular complexity index is 831. The highest BCUT2D eigenvalue weighted by molar-refractivity contribution is 6.02. The summed E-state index contributed by atoms with van der Waals surface area (Å²) in [5.74, 6) is 1.00. The van der Waals surface area contributed by atoms with Crippen molar-refractivity contribution in [2.75, 3.05) is 0 Å². The van der Waals surface area contributed by atoms with E-state index in [-0.39, 0.29) is 6.10 Å². The number of fused-ring (bicyclic) bond motifs is 3. The Kier molecular flexibility index (Phi) is 2.78. The van der Waals surface area contributed by atoms with Gasteiger partial charge >= 0.3 is 0 Å². The van der Waals surface area contributed by atoms with Crippen molar-refractivity contribution in [3.8, 4) is 16.9 Å². The van der Waals surface area contributed by atoms with Crippen LogP contribution in [0, 0.1) is 0 Å². The molecule has 3 aromatic rings. The van der Waals surface area contributed by atoms with Crippen LogP contribution in [-0.2, 0) is 0 Å². The van der Waals surface area contributed by atoms with E-state index in [9.17, 15) is 0 Å². The molecule has 0 amide bonds. The third-order valence-electron chi connectivity index (χ3n) is 3.96. The average Bonchev–Trinajstić information content (AvgIpc) is 2.55. The van der Waals surface area contributed by atoms with E-state index in [4.69, 9.17) is 4.74 Å². The van der Waals surface area contributed by atoms with Crippen LogP contribution in [-0.4, -0.2) is 6.10 Å². The third-order valence-corrected chi connectivity index (χ3v) is 3.96. The molecule has 1 heterocycles. The summed E-state index contributed by atoms with van der Waals surface area (Å²) in [6, 6.07) is 21.2. The zero-order chi connectivity index (χ0) is 14.2. The molecule has 1 atom stereocenters. The predicted octanol–water partition coefficient (Wildman–Crippen LogP) is 5.30. The van der Waals surface area contributed by atoms with E-state index in [2.05, 4.69) is 79.7 Å². The van der Waals surface area contributed by atoms with Crippen molar-refractivity contribution in [3.05, 3.63) is 72.3 Å². The van der Waals surface area contributed by atoms with Crippen molar-refractivity contribution in [2.24, 2.45) is 0 Å². The lowest BCUT2D eigenvalue weighted by atomic mass is 9.93. The Labute approximate surface area is 124 Å². The van der Waals surface area contributed by atoms with Crippen molar-refractivity contribution in [1.82, 2.24) is 0 Å². The quantitative estimate of drug-likeness (QED) is 0.584. The summed E-state index contributed by atoms with van der Waals surface area (Å²) in [4.78, 5) is 0. The number of ether oxygens (including phenoxy) is 1. The fraction of sp³-hybridized carbons (Fsp3) is 0.100. The molecular formula is C20H16O. The predicted molar refractivity (Wildman–Crippen MR) is 88.5 cm³/mol. The van der Waals surface area contributed by atoms with Crippen LogP contribution in [0.3, 0.4) is 0 Å². The molecule has 0 aliphatic carbocycles. The Balaban J connectivity index is 2.07. The van der Waals surface area contributed by atoms with Crippen LogP contribution in [0.25, 0.3) is 28.0 Å². The van der Waals surface area contributed by atoms with Crippen LogP contribution >= 0.6 is 0 Å². The molecule has 0 fully saturated rings. The summed E-state index contributed by atoms with van der Waals surface area (Å²) in [6.45, 7) is 2.07. The second-order valence-corrected chi connectivity index (χ2v) is 5.44. The van der Waals surface area contributed by atoms with Crippen molar-refractivity contribution in [1.29, 1.82) is 0 Å². The molecule has 0 spiro atoms. The van der Waals surface area contributed by atoms with Crippen molar-refractivity contribution < 1.29 is 4.74 Å². The van der Waals surface area contributed by atoms with Gasteiger partial charge in [0.25, 0.3) is 0 Å². The fourth-order valence-electron chi connectivity index (χ4n) is 2.95. The molecule has 0 aromatic heterocycles. The topological polar surface area (TPSA) is 9.23 Å². The van der Waals surface area contributed by atoms with Crippen molar-refractivity contribution in [3.63, 3.8) is 0 Å². The lowest BCUT2D eigenvalue weighted by Crippen LogP contribution is -2.12. The smallest absolute Gasteiger partial charge is 0.135 e. The summed E-state index contributed by atoms with van der Waals surface area (Å²) in [7, 11) is 0. The summed E-state index contributed by atoms with van der Waals surface area (Å²) in [5.41, 5.74) is 3.65. The van der Waals surface area contributed by atoms with Gasteiger partial charge in [0.05, 0.1) is 0 Å². The minimum Gasteiger partial charge on any atom is -0.485 e. The lowest BCUT2D eigenvalue weighted by molar-refractivity contribution is 0.269. The molecule has 102 valence electrons.